The first-order valence-corrected chi connectivity index (χ1v) is 3.17. The molecule has 0 aromatic carbocycles. The van der Waals surface area contributed by atoms with Crippen molar-refractivity contribution in [1.29, 1.82) is 0 Å². The van der Waals surface area contributed by atoms with Gasteiger partial charge < -0.3 is 10.5 Å². The first-order valence-electron chi connectivity index (χ1n) is 3.17. The monoisotopic (exact) mass is 189 g/mol. The Bertz CT molecular complexity index is 319. The maximum absolute atomic E-state index is 11.7. The van der Waals surface area contributed by atoms with Gasteiger partial charge in [0.2, 0.25) is 0 Å². The topological polar surface area (TPSA) is 78.1 Å². The van der Waals surface area contributed by atoms with Crippen molar-refractivity contribution in [3.63, 3.8) is 0 Å². The number of carbonyl (C=O) groups excluding carboxylic acids is 1. The molecule has 0 fully saturated rings. The zero-order valence-corrected chi connectivity index (χ0v) is 6.28. The molecule has 1 aromatic heterocycles. The third kappa shape index (κ3) is 2.32. The Balaban J connectivity index is 2.98. The number of halogens is 2. The van der Waals surface area contributed by atoms with Crippen molar-refractivity contribution in [2.24, 2.45) is 5.73 Å². The number of hydrogen-bond acceptors (Lipinski definition) is 4. The Morgan fingerprint density at radius 3 is 2.62 bits per heavy atom. The molecular formula is C6H5F2N3O2. The zero-order valence-electron chi connectivity index (χ0n) is 6.28. The Morgan fingerprint density at radius 2 is 2.08 bits per heavy atom. The Morgan fingerprint density at radius 1 is 1.46 bits per heavy atom. The molecule has 2 N–H and O–H groups in total. The van der Waals surface area contributed by atoms with Crippen LogP contribution >= 0.6 is 0 Å². The summed E-state index contributed by atoms with van der Waals surface area (Å²) in [6.45, 7) is -3.06. The average molecular weight is 189 g/mol. The maximum Gasteiger partial charge on any atom is 0.388 e. The molecule has 0 aliphatic carbocycles. The minimum absolute atomic E-state index is 0.414. The number of aromatic nitrogens is 2. The summed E-state index contributed by atoms with van der Waals surface area (Å²) >= 11 is 0. The van der Waals surface area contributed by atoms with Gasteiger partial charge in [-0.2, -0.15) is 8.78 Å². The Labute approximate surface area is 71.5 Å². The van der Waals surface area contributed by atoms with Gasteiger partial charge in [-0.3, -0.25) is 4.79 Å². The van der Waals surface area contributed by atoms with Gasteiger partial charge in [-0.05, 0) is 0 Å². The summed E-state index contributed by atoms with van der Waals surface area (Å²) in [6, 6.07) is 0. The molecule has 7 heteroatoms. The third-order valence-electron chi connectivity index (χ3n) is 1.10. The van der Waals surface area contributed by atoms with Gasteiger partial charge in [-0.15, -0.1) is 0 Å². The van der Waals surface area contributed by atoms with Crippen molar-refractivity contribution in [3.05, 3.63) is 18.1 Å². The van der Waals surface area contributed by atoms with Gasteiger partial charge >= 0.3 is 6.61 Å². The highest BCUT2D eigenvalue weighted by Crippen LogP contribution is 2.13. The number of ether oxygens (including phenoxy) is 1. The summed E-state index contributed by atoms with van der Waals surface area (Å²) in [5.74, 6) is -1.53. The highest BCUT2D eigenvalue weighted by Gasteiger charge is 2.15. The Hall–Kier alpha value is -1.79. The lowest BCUT2D eigenvalue weighted by atomic mass is 10.4. The van der Waals surface area contributed by atoms with Gasteiger partial charge in [0.25, 0.3) is 11.8 Å². The van der Waals surface area contributed by atoms with Crippen LogP contribution < -0.4 is 10.5 Å². The first-order chi connectivity index (χ1) is 6.11. The molecule has 0 radical (unpaired) electrons. The van der Waals surface area contributed by atoms with Gasteiger partial charge in [0.15, 0.2) is 5.69 Å². The van der Waals surface area contributed by atoms with Crippen LogP contribution in [0.2, 0.25) is 0 Å². The van der Waals surface area contributed by atoms with Crippen LogP contribution in [0.25, 0.3) is 0 Å². The van der Waals surface area contributed by atoms with E-state index < -0.39 is 24.1 Å². The second-order valence-electron chi connectivity index (χ2n) is 1.95. The molecule has 0 bridgehead atoms. The van der Waals surface area contributed by atoms with E-state index in [1.807, 2.05) is 0 Å². The van der Waals surface area contributed by atoms with Crippen LogP contribution in [0.3, 0.4) is 0 Å². The normalized spacial score (nSPS) is 10.1. The molecule has 0 saturated carbocycles. The van der Waals surface area contributed by atoms with Crippen LogP contribution in [0.1, 0.15) is 10.5 Å². The number of nitrogens with zero attached hydrogens (tertiary/aromatic N) is 2. The summed E-state index contributed by atoms with van der Waals surface area (Å²) in [6.07, 6.45) is 2.27. The van der Waals surface area contributed by atoms with Crippen LogP contribution in [0, 0.1) is 0 Å². The summed E-state index contributed by atoms with van der Waals surface area (Å²) in [7, 11) is 0. The van der Waals surface area contributed by atoms with E-state index >= 15 is 0 Å². The van der Waals surface area contributed by atoms with Crippen molar-refractivity contribution < 1.29 is 18.3 Å². The fourth-order valence-electron chi connectivity index (χ4n) is 0.665. The fraction of sp³-hybridized carbons (Fsp3) is 0.167. The van der Waals surface area contributed by atoms with Crippen molar-refractivity contribution in [2.75, 3.05) is 0 Å². The molecular weight excluding hydrogens is 184 g/mol. The molecule has 1 heterocycles. The summed E-state index contributed by atoms with van der Waals surface area (Å²) in [4.78, 5) is 17.4. The summed E-state index contributed by atoms with van der Waals surface area (Å²) < 4.78 is 27.3. The highest BCUT2D eigenvalue weighted by molar-refractivity contribution is 5.92. The smallest absolute Gasteiger partial charge is 0.388 e. The van der Waals surface area contributed by atoms with E-state index in [9.17, 15) is 13.6 Å². The number of amides is 1. The predicted molar refractivity (Wildman–Crippen MR) is 37.2 cm³/mol. The van der Waals surface area contributed by atoms with Crippen molar-refractivity contribution in [1.82, 2.24) is 9.97 Å². The summed E-state index contributed by atoms with van der Waals surface area (Å²) in [5, 5.41) is 0. The SMILES string of the molecule is NC(=O)c1nccnc1OC(F)F. The van der Waals surface area contributed by atoms with Crippen molar-refractivity contribution in [3.8, 4) is 5.88 Å². The van der Waals surface area contributed by atoms with Crippen LogP contribution in [0.4, 0.5) is 8.78 Å². The number of nitrogens with two attached hydrogens (primary N) is 1. The molecule has 70 valence electrons. The van der Waals surface area contributed by atoms with Gasteiger partial charge in [0.05, 0.1) is 0 Å². The molecule has 5 nitrogen and oxygen atoms in total. The van der Waals surface area contributed by atoms with E-state index in [2.05, 4.69) is 14.7 Å². The minimum atomic E-state index is -3.06. The summed E-state index contributed by atoms with van der Waals surface area (Å²) in [5.41, 5.74) is 4.41. The van der Waals surface area contributed by atoms with Gasteiger partial charge in [-0.25, -0.2) is 9.97 Å². The van der Waals surface area contributed by atoms with Crippen LogP contribution in [0.15, 0.2) is 12.4 Å². The molecule has 0 spiro atoms. The lowest BCUT2D eigenvalue weighted by Gasteiger charge is -2.04. The van der Waals surface area contributed by atoms with Gasteiger partial charge in [0, 0.05) is 12.4 Å². The second kappa shape index (κ2) is 3.74. The quantitative estimate of drug-likeness (QED) is 0.735. The lowest BCUT2D eigenvalue weighted by Crippen LogP contribution is -2.17. The number of carbonyl (C=O) groups is 1. The van der Waals surface area contributed by atoms with Gasteiger partial charge in [0.1, 0.15) is 0 Å². The van der Waals surface area contributed by atoms with E-state index in [4.69, 9.17) is 5.73 Å². The molecule has 13 heavy (non-hydrogen) atoms. The fourth-order valence-corrected chi connectivity index (χ4v) is 0.665. The second-order valence-corrected chi connectivity index (χ2v) is 1.95. The minimum Gasteiger partial charge on any atom is -0.414 e. The molecule has 0 atom stereocenters. The Kier molecular flexibility index (Phi) is 2.68. The third-order valence-corrected chi connectivity index (χ3v) is 1.10. The molecule has 1 rings (SSSR count). The van der Waals surface area contributed by atoms with Gasteiger partial charge in [-0.1, -0.05) is 0 Å². The number of hydrogen-bond donors (Lipinski definition) is 1. The van der Waals surface area contributed by atoms with Crippen LogP contribution in [0.5, 0.6) is 5.88 Å². The molecule has 0 aliphatic heterocycles. The zero-order chi connectivity index (χ0) is 9.84. The van der Waals surface area contributed by atoms with E-state index in [1.54, 1.807) is 0 Å². The average Bonchev–Trinajstić information content (AvgIpc) is 2.03. The molecule has 1 aromatic rings. The van der Waals surface area contributed by atoms with E-state index in [0.717, 1.165) is 12.4 Å². The first kappa shape index (κ1) is 9.30. The van der Waals surface area contributed by atoms with E-state index in [0.29, 0.717) is 0 Å². The molecule has 1 amide bonds. The van der Waals surface area contributed by atoms with Crippen LogP contribution in [-0.2, 0) is 0 Å². The standard InChI is InChI=1S/C6H5F2N3O2/c7-6(8)13-5-3(4(9)12)10-1-2-11-5/h1-2,6H,(H2,9,12). The lowest BCUT2D eigenvalue weighted by molar-refractivity contribution is -0.0534. The molecule has 0 unspecified atom stereocenters. The van der Waals surface area contributed by atoms with E-state index in [-0.39, 0.29) is 0 Å². The predicted octanol–water partition coefficient (Wildman–Crippen LogP) is 0.177. The van der Waals surface area contributed by atoms with Crippen molar-refractivity contribution in [2.45, 2.75) is 6.61 Å². The largest absolute Gasteiger partial charge is 0.414 e. The molecule has 0 aliphatic rings. The number of primary amides is 1. The van der Waals surface area contributed by atoms with Crippen molar-refractivity contribution >= 4 is 5.91 Å². The van der Waals surface area contributed by atoms with Crippen LogP contribution in [-0.4, -0.2) is 22.5 Å². The molecule has 0 saturated heterocycles. The van der Waals surface area contributed by atoms with E-state index in [1.165, 1.54) is 0 Å². The highest BCUT2D eigenvalue weighted by atomic mass is 19.3. The maximum atomic E-state index is 11.7. The number of alkyl halides is 2. The number of rotatable bonds is 3.